The van der Waals surface area contributed by atoms with Gasteiger partial charge in [0.15, 0.2) is 11.7 Å². The molecule has 0 atom stereocenters. The number of halogens is 1. The Labute approximate surface area is 103 Å². The largest absolute Gasteiger partial charge is 0.484 e. The normalized spacial score (nSPS) is 9.31. The molecule has 1 amide bonds. The molecule has 86 valence electrons. The molecule has 0 fully saturated rings. The van der Waals surface area contributed by atoms with E-state index >= 15 is 0 Å². The van der Waals surface area contributed by atoms with Gasteiger partial charge in [-0.15, -0.1) is 0 Å². The fourth-order valence-corrected chi connectivity index (χ4v) is 1.10. The Kier molecular flexibility index (Phi) is 4.81. The summed E-state index contributed by atoms with van der Waals surface area (Å²) in [5.41, 5.74) is 9.67. The summed E-state index contributed by atoms with van der Waals surface area (Å²) < 4.78 is 5.16. The monoisotopic (exact) mass is 259 g/mol. The highest BCUT2D eigenvalue weighted by Gasteiger charge is 2.02. The van der Waals surface area contributed by atoms with E-state index in [1.54, 1.807) is 24.3 Å². The van der Waals surface area contributed by atoms with Gasteiger partial charge in [-0.3, -0.25) is 15.6 Å². The highest BCUT2D eigenvalue weighted by atomic mass is 35.5. The number of thiocarbonyl (C=S) groups is 1. The lowest BCUT2D eigenvalue weighted by Crippen LogP contribution is -2.46. The number of benzene rings is 1. The minimum atomic E-state index is -0.396. The predicted molar refractivity (Wildman–Crippen MR) is 65.0 cm³/mol. The quantitative estimate of drug-likeness (QED) is 0.547. The van der Waals surface area contributed by atoms with Crippen LogP contribution in [0.25, 0.3) is 0 Å². The summed E-state index contributed by atoms with van der Waals surface area (Å²) in [6.07, 6.45) is 0. The molecule has 0 saturated heterocycles. The summed E-state index contributed by atoms with van der Waals surface area (Å²) in [5, 5.41) is 0.523. The van der Waals surface area contributed by atoms with E-state index in [1.165, 1.54) is 0 Å². The molecule has 0 aliphatic carbocycles. The van der Waals surface area contributed by atoms with Crippen LogP contribution in [0.15, 0.2) is 24.3 Å². The highest BCUT2D eigenvalue weighted by Crippen LogP contribution is 2.16. The zero-order valence-electron chi connectivity index (χ0n) is 8.20. The van der Waals surface area contributed by atoms with E-state index in [4.69, 9.17) is 22.1 Å². The SMILES string of the molecule is NC(=S)NNC(=O)COc1cccc(Cl)c1. The molecule has 1 rings (SSSR count). The molecule has 0 radical (unpaired) electrons. The van der Waals surface area contributed by atoms with Crippen molar-refractivity contribution >= 4 is 34.8 Å². The summed E-state index contributed by atoms with van der Waals surface area (Å²) in [4.78, 5) is 11.2. The van der Waals surface area contributed by atoms with E-state index in [1.807, 2.05) is 0 Å². The molecule has 0 heterocycles. The summed E-state index contributed by atoms with van der Waals surface area (Å²) in [7, 11) is 0. The van der Waals surface area contributed by atoms with E-state index in [9.17, 15) is 4.79 Å². The number of amides is 1. The lowest BCUT2D eigenvalue weighted by atomic mass is 10.3. The van der Waals surface area contributed by atoms with Gasteiger partial charge >= 0.3 is 0 Å². The summed E-state index contributed by atoms with van der Waals surface area (Å²) in [5.74, 6) is 0.116. The Hall–Kier alpha value is -1.53. The second-order valence-electron chi connectivity index (χ2n) is 2.78. The molecule has 0 bridgehead atoms. The fourth-order valence-electron chi connectivity index (χ4n) is 0.873. The van der Waals surface area contributed by atoms with Crippen LogP contribution in [0.1, 0.15) is 0 Å². The van der Waals surface area contributed by atoms with Gasteiger partial charge in [-0.1, -0.05) is 17.7 Å². The van der Waals surface area contributed by atoms with Crippen molar-refractivity contribution in [2.75, 3.05) is 6.61 Å². The van der Waals surface area contributed by atoms with Crippen LogP contribution < -0.4 is 21.3 Å². The first-order valence-corrected chi connectivity index (χ1v) is 5.09. The van der Waals surface area contributed by atoms with Crippen LogP contribution in [0.3, 0.4) is 0 Å². The van der Waals surface area contributed by atoms with E-state index in [0.717, 1.165) is 0 Å². The van der Waals surface area contributed by atoms with Gasteiger partial charge < -0.3 is 10.5 Å². The number of hydrogen-bond acceptors (Lipinski definition) is 3. The first-order valence-electron chi connectivity index (χ1n) is 4.30. The molecule has 16 heavy (non-hydrogen) atoms. The molecule has 1 aromatic rings. The molecular formula is C9H10ClN3O2S. The molecule has 0 unspecified atom stereocenters. The summed E-state index contributed by atoms with van der Waals surface area (Å²) in [6, 6.07) is 6.74. The van der Waals surface area contributed by atoms with Gasteiger partial charge in [0.2, 0.25) is 0 Å². The minimum Gasteiger partial charge on any atom is -0.484 e. The van der Waals surface area contributed by atoms with E-state index in [0.29, 0.717) is 10.8 Å². The maximum atomic E-state index is 11.2. The first-order chi connectivity index (χ1) is 7.58. The second-order valence-corrected chi connectivity index (χ2v) is 3.66. The molecule has 0 aliphatic heterocycles. The maximum absolute atomic E-state index is 11.2. The van der Waals surface area contributed by atoms with E-state index in [2.05, 4.69) is 23.1 Å². The maximum Gasteiger partial charge on any atom is 0.276 e. The average Bonchev–Trinajstić information content (AvgIpc) is 2.23. The molecule has 7 heteroatoms. The molecule has 1 aromatic carbocycles. The van der Waals surface area contributed by atoms with Gasteiger partial charge in [-0.25, -0.2) is 0 Å². The number of hydrazine groups is 1. The van der Waals surface area contributed by atoms with Crippen molar-refractivity contribution in [3.63, 3.8) is 0 Å². The van der Waals surface area contributed by atoms with Crippen LogP contribution in [-0.4, -0.2) is 17.6 Å². The van der Waals surface area contributed by atoms with E-state index in [-0.39, 0.29) is 11.7 Å². The van der Waals surface area contributed by atoms with Crippen molar-refractivity contribution in [1.29, 1.82) is 0 Å². The lowest BCUT2D eigenvalue weighted by Gasteiger charge is -2.08. The average molecular weight is 260 g/mol. The Balaban J connectivity index is 2.34. The Morgan fingerprint density at radius 3 is 2.88 bits per heavy atom. The van der Waals surface area contributed by atoms with E-state index < -0.39 is 5.91 Å². The summed E-state index contributed by atoms with van der Waals surface area (Å²) >= 11 is 10.2. The van der Waals surface area contributed by atoms with Gasteiger partial charge in [0, 0.05) is 5.02 Å². The van der Waals surface area contributed by atoms with Crippen LogP contribution >= 0.6 is 23.8 Å². The van der Waals surface area contributed by atoms with Gasteiger partial charge in [0.25, 0.3) is 5.91 Å². The Morgan fingerprint density at radius 2 is 2.25 bits per heavy atom. The number of carbonyl (C=O) groups is 1. The smallest absolute Gasteiger partial charge is 0.276 e. The van der Waals surface area contributed by atoms with Crippen molar-refractivity contribution in [2.24, 2.45) is 5.73 Å². The second kappa shape index (κ2) is 6.14. The van der Waals surface area contributed by atoms with Gasteiger partial charge in [0.1, 0.15) is 5.75 Å². The van der Waals surface area contributed by atoms with Gasteiger partial charge in [-0.2, -0.15) is 0 Å². The predicted octanol–water partition coefficient (Wildman–Crippen LogP) is 0.583. The minimum absolute atomic E-state index is 0.0175. The molecule has 0 spiro atoms. The number of hydrogen-bond donors (Lipinski definition) is 3. The molecular weight excluding hydrogens is 250 g/mol. The Bertz CT molecular complexity index is 400. The number of nitrogens with two attached hydrogens (primary N) is 1. The van der Waals surface area contributed by atoms with Crippen molar-refractivity contribution in [2.45, 2.75) is 0 Å². The van der Waals surface area contributed by atoms with Crippen LogP contribution in [0.4, 0.5) is 0 Å². The molecule has 0 aromatic heterocycles. The number of nitrogens with one attached hydrogen (secondary N) is 2. The Morgan fingerprint density at radius 1 is 1.50 bits per heavy atom. The molecule has 0 saturated carbocycles. The van der Waals surface area contributed by atoms with Crippen molar-refractivity contribution in [3.05, 3.63) is 29.3 Å². The number of rotatable bonds is 3. The van der Waals surface area contributed by atoms with Crippen molar-refractivity contribution < 1.29 is 9.53 Å². The lowest BCUT2D eigenvalue weighted by molar-refractivity contribution is -0.123. The molecule has 0 aliphatic rings. The third-order valence-corrected chi connectivity index (χ3v) is 1.83. The van der Waals surface area contributed by atoms with Crippen LogP contribution in [0.2, 0.25) is 5.02 Å². The van der Waals surface area contributed by atoms with Crippen LogP contribution in [-0.2, 0) is 4.79 Å². The molecule has 4 N–H and O–H groups in total. The van der Waals surface area contributed by atoms with Gasteiger partial charge in [0.05, 0.1) is 0 Å². The number of carbonyl (C=O) groups excluding carboxylic acids is 1. The molecule has 5 nitrogen and oxygen atoms in total. The highest BCUT2D eigenvalue weighted by molar-refractivity contribution is 7.80. The van der Waals surface area contributed by atoms with Crippen molar-refractivity contribution in [1.82, 2.24) is 10.9 Å². The van der Waals surface area contributed by atoms with Crippen LogP contribution in [0, 0.1) is 0 Å². The third kappa shape index (κ3) is 4.81. The summed E-state index contributed by atoms with van der Waals surface area (Å²) in [6.45, 7) is -0.157. The van der Waals surface area contributed by atoms with Gasteiger partial charge in [-0.05, 0) is 30.4 Å². The number of ether oxygens (including phenoxy) is 1. The van der Waals surface area contributed by atoms with Crippen molar-refractivity contribution in [3.8, 4) is 5.75 Å². The topological polar surface area (TPSA) is 76.4 Å². The standard InChI is InChI=1S/C9H10ClN3O2S/c10-6-2-1-3-7(4-6)15-5-8(14)12-13-9(11)16/h1-4H,5H2,(H,12,14)(H3,11,13,16). The zero-order valence-corrected chi connectivity index (χ0v) is 9.77. The third-order valence-electron chi connectivity index (χ3n) is 1.49. The fraction of sp³-hybridized carbons (Fsp3) is 0.111. The van der Waals surface area contributed by atoms with Crippen LogP contribution in [0.5, 0.6) is 5.75 Å². The first kappa shape index (κ1) is 12.5. The zero-order chi connectivity index (χ0) is 12.0.